The number of rotatable bonds is 11. The fourth-order valence-electron chi connectivity index (χ4n) is 3.28. The fraction of sp³-hybridized carbons (Fsp3) is 0.348. The maximum Gasteiger partial charge on any atom is 0.272 e. The first-order valence-electron chi connectivity index (χ1n) is 11.3. The predicted molar refractivity (Wildman–Crippen MR) is 131 cm³/mol. The van der Waals surface area contributed by atoms with Gasteiger partial charge in [-0.15, -0.1) is 0 Å². The van der Waals surface area contributed by atoms with Crippen molar-refractivity contribution in [3.05, 3.63) is 69.7 Å². The van der Waals surface area contributed by atoms with Crippen LogP contribution in [0.25, 0.3) is 0 Å². The van der Waals surface area contributed by atoms with Gasteiger partial charge in [0, 0.05) is 49.2 Å². The van der Waals surface area contributed by atoms with Crippen molar-refractivity contribution in [2.75, 3.05) is 0 Å². The van der Waals surface area contributed by atoms with Crippen molar-refractivity contribution in [2.24, 2.45) is 0 Å². The third-order valence-electron chi connectivity index (χ3n) is 5.42. The fourth-order valence-corrected chi connectivity index (χ4v) is 4.76. The summed E-state index contributed by atoms with van der Waals surface area (Å²) in [6, 6.07) is 6.50. The molecule has 0 aliphatic rings. The van der Waals surface area contributed by atoms with Gasteiger partial charge in [0.25, 0.3) is 11.6 Å². The van der Waals surface area contributed by atoms with Crippen LogP contribution >= 0.6 is 0 Å². The number of hydrogen-bond donors (Lipinski definition) is 2. The van der Waals surface area contributed by atoms with E-state index in [4.69, 9.17) is 4.74 Å². The first kappa shape index (κ1) is 26.8. The van der Waals surface area contributed by atoms with Crippen molar-refractivity contribution in [2.45, 2.75) is 58.1 Å². The Bertz CT molecular complexity index is 1360. The molecule has 2 heterocycles. The molecule has 192 valence electrons. The van der Waals surface area contributed by atoms with Crippen LogP contribution in [0, 0.1) is 17.0 Å². The molecule has 13 heteroatoms. The zero-order valence-corrected chi connectivity index (χ0v) is 21.2. The molecule has 0 radical (unpaired) electrons. The van der Waals surface area contributed by atoms with E-state index in [0.717, 1.165) is 17.7 Å². The Morgan fingerprint density at radius 1 is 1.28 bits per heavy atom. The number of pyridine rings is 1. The van der Waals surface area contributed by atoms with Crippen LogP contribution < -0.4 is 14.8 Å². The molecule has 36 heavy (non-hydrogen) atoms. The summed E-state index contributed by atoms with van der Waals surface area (Å²) in [4.78, 5) is 27.1. The Balaban J connectivity index is 1.97. The molecule has 2 N–H and O–H groups in total. The van der Waals surface area contributed by atoms with Gasteiger partial charge >= 0.3 is 0 Å². The molecule has 0 saturated heterocycles. The second-order valence-corrected chi connectivity index (χ2v) is 9.74. The van der Waals surface area contributed by atoms with Crippen molar-refractivity contribution in [3.63, 3.8) is 0 Å². The summed E-state index contributed by atoms with van der Waals surface area (Å²) in [5.74, 6) is -0.419. The van der Waals surface area contributed by atoms with E-state index < -0.39 is 32.6 Å². The first-order valence-corrected chi connectivity index (χ1v) is 12.8. The molecule has 0 aliphatic carbocycles. The van der Waals surface area contributed by atoms with Crippen molar-refractivity contribution in [3.8, 4) is 11.6 Å². The Labute approximate surface area is 208 Å². The molecule has 12 nitrogen and oxygen atoms in total. The molecule has 0 saturated carbocycles. The minimum Gasteiger partial charge on any atom is -0.438 e. The number of amides is 1. The van der Waals surface area contributed by atoms with E-state index in [2.05, 4.69) is 20.1 Å². The summed E-state index contributed by atoms with van der Waals surface area (Å²) in [7, 11) is -4.15. The maximum atomic E-state index is 13.1. The molecular formula is C23H28N6O6S. The molecule has 1 atom stereocenters. The van der Waals surface area contributed by atoms with E-state index in [1.807, 2.05) is 13.0 Å². The van der Waals surface area contributed by atoms with Gasteiger partial charge in [0.1, 0.15) is 10.6 Å². The average molecular weight is 517 g/mol. The normalized spacial score (nSPS) is 12.2. The van der Waals surface area contributed by atoms with Crippen LogP contribution in [-0.2, 0) is 23.1 Å². The summed E-state index contributed by atoms with van der Waals surface area (Å²) in [5.41, 5.74) is 0.907. The Hall–Kier alpha value is -3.84. The number of ether oxygens (including phenoxy) is 1. The highest BCUT2D eigenvalue weighted by molar-refractivity contribution is 7.89. The minimum absolute atomic E-state index is 0.111. The van der Waals surface area contributed by atoms with Crippen molar-refractivity contribution in [1.29, 1.82) is 0 Å². The first-order chi connectivity index (χ1) is 17.1. The SMILES string of the molecule is CC[C@@H](C)NS(=O)(=O)c1cc([N+](=O)[O-])ccc1Oc1c(C)c(C(=O)NCc2cccnc2)nn1CC. The lowest BCUT2D eigenvalue weighted by molar-refractivity contribution is -0.385. The molecule has 0 aliphatic heterocycles. The quantitative estimate of drug-likeness (QED) is 0.290. The highest BCUT2D eigenvalue weighted by Crippen LogP contribution is 2.34. The van der Waals surface area contributed by atoms with Crippen LogP contribution in [0.5, 0.6) is 11.6 Å². The standard InChI is InChI=1S/C23H28N6O6S/c1-5-15(3)27-36(33,34)20-12-18(29(31)32)9-10-19(20)35-23-16(4)21(26-28(23)6-2)22(30)25-14-17-8-7-11-24-13-17/h7-13,15,27H,5-6,14H2,1-4H3,(H,25,30)/t15-/m1/s1. The van der Waals surface area contributed by atoms with Gasteiger partial charge in [0.2, 0.25) is 15.9 Å². The van der Waals surface area contributed by atoms with Crippen LogP contribution in [0.3, 0.4) is 0 Å². The number of aromatic nitrogens is 3. The zero-order chi connectivity index (χ0) is 26.5. The van der Waals surface area contributed by atoms with Crippen molar-refractivity contribution >= 4 is 21.6 Å². The second-order valence-electron chi connectivity index (χ2n) is 8.06. The number of benzene rings is 1. The summed E-state index contributed by atoms with van der Waals surface area (Å²) in [6.07, 6.45) is 3.78. The Morgan fingerprint density at radius 3 is 2.64 bits per heavy atom. The number of carbonyl (C=O) groups is 1. The number of nitrogens with zero attached hydrogens (tertiary/aromatic N) is 4. The van der Waals surface area contributed by atoms with Crippen LogP contribution in [0.15, 0.2) is 47.6 Å². The number of sulfonamides is 1. The number of nitrogens with one attached hydrogen (secondary N) is 2. The second kappa shape index (κ2) is 11.3. The van der Waals surface area contributed by atoms with Gasteiger partial charge in [-0.05, 0) is 44.9 Å². The van der Waals surface area contributed by atoms with E-state index in [-0.39, 0.29) is 28.8 Å². The maximum absolute atomic E-state index is 13.1. The number of hydrogen-bond acceptors (Lipinski definition) is 8. The third kappa shape index (κ3) is 6.04. The van der Waals surface area contributed by atoms with Gasteiger partial charge in [-0.2, -0.15) is 5.10 Å². The lowest BCUT2D eigenvalue weighted by Crippen LogP contribution is -2.32. The number of carbonyl (C=O) groups excluding carboxylic acids is 1. The van der Waals surface area contributed by atoms with Gasteiger partial charge in [-0.25, -0.2) is 17.8 Å². The highest BCUT2D eigenvalue weighted by atomic mass is 32.2. The van der Waals surface area contributed by atoms with Crippen LogP contribution in [0.4, 0.5) is 5.69 Å². The average Bonchev–Trinajstić information content (AvgIpc) is 3.18. The van der Waals surface area contributed by atoms with Gasteiger partial charge < -0.3 is 10.1 Å². The molecule has 0 fully saturated rings. The smallest absolute Gasteiger partial charge is 0.272 e. The molecule has 1 amide bonds. The number of nitro groups is 1. The summed E-state index contributed by atoms with van der Waals surface area (Å²) >= 11 is 0. The van der Waals surface area contributed by atoms with Crippen LogP contribution in [-0.4, -0.2) is 40.1 Å². The third-order valence-corrected chi connectivity index (χ3v) is 7.04. The summed E-state index contributed by atoms with van der Waals surface area (Å²) in [6.45, 7) is 7.48. The lowest BCUT2D eigenvalue weighted by Gasteiger charge is -2.16. The van der Waals surface area contributed by atoms with E-state index in [1.54, 1.807) is 39.2 Å². The molecule has 0 bridgehead atoms. The zero-order valence-electron chi connectivity index (χ0n) is 20.4. The van der Waals surface area contributed by atoms with E-state index in [1.165, 1.54) is 10.7 Å². The van der Waals surface area contributed by atoms with Crippen molar-refractivity contribution < 1.29 is 22.9 Å². The molecule has 3 aromatic rings. The number of nitro benzene ring substituents is 1. The molecule has 0 unspecified atom stereocenters. The molecule has 3 rings (SSSR count). The molecule has 0 spiro atoms. The monoisotopic (exact) mass is 516 g/mol. The van der Waals surface area contributed by atoms with Gasteiger partial charge in [0.05, 0.1) is 4.92 Å². The van der Waals surface area contributed by atoms with E-state index >= 15 is 0 Å². The molecule has 1 aromatic carbocycles. The van der Waals surface area contributed by atoms with Gasteiger partial charge in [-0.1, -0.05) is 13.0 Å². The van der Waals surface area contributed by atoms with Gasteiger partial charge in [0.15, 0.2) is 5.69 Å². The van der Waals surface area contributed by atoms with Crippen molar-refractivity contribution in [1.82, 2.24) is 24.8 Å². The van der Waals surface area contributed by atoms with E-state index in [0.29, 0.717) is 18.5 Å². The summed E-state index contributed by atoms with van der Waals surface area (Å²) < 4.78 is 36.0. The largest absolute Gasteiger partial charge is 0.438 e. The predicted octanol–water partition coefficient (Wildman–Crippen LogP) is 3.31. The number of non-ortho nitro benzene ring substituents is 1. The number of aryl methyl sites for hydroxylation is 1. The Kier molecular flexibility index (Phi) is 8.37. The molecule has 2 aromatic heterocycles. The van der Waals surface area contributed by atoms with Crippen LogP contribution in [0.1, 0.15) is 48.8 Å². The topological polar surface area (TPSA) is 158 Å². The van der Waals surface area contributed by atoms with Gasteiger partial charge in [-0.3, -0.25) is 19.9 Å². The Morgan fingerprint density at radius 2 is 2.03 bits per heavy atom. The molecular weight excluding hydrogens is 488 g/mol. The summed E-state index contributed by atoms with van der Waals surface area (Å²) in [5, 5.41) is 18.4. The minimum atomic E-state index is -4.15. The lowest BCUT2D eigenvalue weighted by atomic mass is 10.2. The van der Waals surface area contributed by atoms with Crippen LogP contribution in [0.2, 0.25) is 0 Å². The van der Waals surface area contributed by atoms with E-state index in [9.17, 15) is 23.3 Å². The highest BCUT2D eigenvalue weighted by Gasteiger charge is 2.28.